The number of ether oxygens (including phenoxy) is 2. The Kier molecular flexibility index (Phi) is 5.39. The molecule has 148 valence electrons. The molecule has 6 nitrogen and oxygen atoms in total. The highest BCUT2D eigenvalue weighted by Crippen LogP contribution is 2.28. The van der Waals surface area contributed by atoms with Crippen LogP contribution in [0.15, 0.2) is 42.5 Å². The molecule has 28 heavy (non-hydrogen) atoms. The molecule has 4 rings (SSSR count). The smallest absolute Gasteiger partial charge is 0.260 e. The first-order chi connectivity index (χ1) is 13.7. The first kappa shape index (κ1) is 18.6. The van der Waals surface area contributed by atoms with Gasteiger partial charge in [-0.25, -0.2) is 0 Å². The topological polar surface area (TPSA) is 45.2 Å². The van der Waals surface area contributed by atoms with E-state index < -0.39 is 0 Å². The van der Waals surface area contributed by atoms with Crippen LogP contribution >= 0.6 is 0 Å². The maximum Gasteiger partial charge on any atom is 0.260 e. The summed E-state index contributed by atoms with van der Waals surface area (Å²) >= 11 is 0. The van der Waals surface area contributed by atoms with Gasteiger partial charge in [0, 0.05) is 39.3 Å². The van der Waals surface area contributed by atoms with Crippen molar-refractivity contribution in [3.63, 3.8) is 0 Å². The van der Waals surface area contributed by atoms with Gasteiger partial charge in [-0.15, -0.1) is 0 Å². The predicted octanol–water partition coefficient (Wildman–Crippen LogP) is 2.62. The third-order valence-electron chi connectivity index (χ3n) is 5.51. The molecule has 0 aliphatic carbocycles. The van der Waals surface area contributed by atoms with E-state index in [0.717, 1.165) is 49.7 Å². The van der Waals surface area contributed by atoms with E-state index in [1.54, 1.807) is 12.0 Å². The zero-order valence-electron chi connectivity index (χ0n) is 16.6. The maximum atomic E-state index is 12.8. The van der Waals surface area contributed by atoms with Crippen LogP contribution in [0.4, 0.5) is 5.69 Å². The van der Waals surface area contributed by atoms with Crippen molar-refractivity contribution >= 4 is 11.6 Å². The molecule has 0 atom stereocenters. The molecule has 0 saturated carbocycles. The molecule has 2 aliphatic heterocycles. The molecular weight excluding hydrogens is 354 g/mol. The standard InChI is InChI=1S/C22H27N3O3/c1-17-7-8-20-18(15-17)22(26)25(16-28-20)14-11-23-9-12-24(13-10-23)19-5-3-4-6-21(19)27-2/h3-8,15H,9-14,16H2,1-2H3. The third kappa shape index (κ3) is 3.78. The van der Waals surface area contributed by atoms with Crippen LogP contribution in [0, 0.1) is 6.92 Å². The number of amides is 1. The minimum Gasteiger partial charge on any atom is -0.495 e. The van der Waals surface area contributed by atoms with Gasteiger partial charge in [0.25, 0.3) is 5.91 Å². The Morgan fingerprint density at radius 3 is 2.61 bits per heavy atom. The van der Waals surface area contributed by atoms with Crippen molar-refractivity contribution < 1.29 is 14.3 Å². The zero-order valence-corrected chi connectivity index (χ0v) is 16.6. The molecule has 6 heteroatoms. The Balaban J connectivity index is 1.31. The molecular formula is C22H27N3O3. The summed E-state index contributed by atoms with van der Waals surface area (Å²) in [6, 6.07) is 13.9. The van der Waals surface area contributed by atoms with Crippen LogP contribution in [-0.4, -0.2) is 68.8 Å². The van der Waals surface area contributed by atoms with E-state index in [-0.39, 0.29) is 5.91 Å². The molecule has 2 heterocycles. The summed E-state index contributed by atoms with van der Waals surface area (Å²) in [4.78, 5) is 19.3. The monoisotopic (exact) mass is 381 g/mol. The van der Waals surface area contributed by atoms with Crippen molar-refractivity contribution in [3.05, 3.63) is 53.6 Å². The van der Waals surface area contributed by atoms with E-state index in [2.05, 4.69) is 15.9 Å². The number of para-hydroxylation sites is 2. The first-order valence-electron chi connectivity index (χ1n) is 9.79. The van der Waals surface area contributed by atoms with Gasteiger partial charge in [0.1, 0.15) is 11.5 Å². The van der Waals surface area contributed by atoms with E-state index in [9.17, 15) is 4.79 Å². The second-order valence-corrected chi connectivity index (χ2v) is 7.34. The number of carbonyl (C=O) groups is 1. The molecule has 2 aromatic carbocycles. The lowest BCUT2D eigenvalue weighted by Crippen LogP contribution is -2.50. The van der Waals surface area contributed by atoms with Crippen LogP contribution in [-0.2, 0) is 0 Å². The Bertz CT molecular complexity index is 847. The molecule has 1 fully saturated rings. The average molecular weight is 381 g/mol. The number of aryl methyl sites for hydroxylation is 1. The Hall–Kier alpha value is -2.73. The number of benzene rings is 2. The van der Waals surface area contributed by atoms with Crippen LogP contribution in [0.25, 0.3) is 0 Å². The summed E-state index contributed by atoms with van der Waals surface area (Å²) in [5.74, 6) is 1.68. The quantitative estimate of drug-likeness (QED) is 0.797. The highest BCUT2D eigenvalue weighted by Gasteiger charge is 2.26. The number of methoxy groups -OCH3 is 1. The van der Waals surface area contributed by atoms with Gasteiger partial charge in [-0.3, -0.25) is 9.69 Å². The summed E-state index contributed by atoms with van der Waals surface area (Å²) in [6.07, 6.45) is 0. The molecule has 0 N–H and O–H groups in total. The van der Waals surface area contributed by atoms with Crippen molar-refractivity contribution in [1.82, 2.24) is 9.80 Å². The number of hydrogen-bond acceptors (Lipinski definition) is 5. The van der Waals surface area contributed by atoms with Crippen LogP contribution in [0.3, 0.4) is 0 Å². The summed E-state index contributed by atoms with van der Waals surface area (Å²) in [5, 5.41) is 0. The second kappa shape index (κ2) is 8.10. The highest BCUT2D eigenvalue weighted by atomic mass is 16.5. The molecule has 2 aromatic rings. The van der Waals surface area contributed by atoms with Gasteiger partial charge in [0.05, 0.1) is 18.4 Å². The van der Waals surface area contributed by atoms with Crippen LogP contribution in [0.5, 0.6) is 11.5 Å². The van der Waals surface area contributed by atoms with Crippen LogP contribution in [0.2, 0.25) is 0 Å². The Labute approximate surface area is 166 Å². The fourth-order valence-corrected chi connectivity index (χ4v) is 3.84. The number of anilines is 1. The Morgan fingerprint density at radius 1 is 1.04 bits per heavy atom. The van der Waals surface area contributed by atoms with Crippen molar-refractivity contribution in [3.8, 4) is 11.5 Å². The van der Waals surface area contributed by atoms with E-state index in [0.29, 0.717) is 24.6 Å². The second-order valence-electron chi connectivity index (χ2n) is 7.34. The molecule has 0 bridgehead atoms. The SMILES string of the molecule is COc1ccccc1N1CCN(CCN2COc3ccc(C)cc3C2=O)CC1. The summed E-state index contributed by atoms with van der Waals surface area (Å²) in [6.45, 7) is 7.70. The lowest BCUT2D eigenvalue weighted by atomic mass is 10.1. The molecule has 1 saturated heterocycles. The van der Waals surface area contributed by atoms with E-state index >= 15 is 0 Å². The lowest BCUT2D eigenvalue weighted by molar-refractivity contribution is 0.0488. The third-order valence-corrected chi connectivity index (χ3v) is 5.51. The van der Waals surface area contributed by atoms with E-state index in [1.165, 1.54) is 0 Å². The summed E-state index contributed by atoms with van der Waals surface area (Å²) < 4.78 is 11.3. The normalized spacial score (nSPS) is 17.3. The minimum atomic E-state index is 0.0672. The van der Waals surface area contributed by atoms with Crippen LogP contribution < -0.4 is 14.4 Å². The number of nitrogens with zero attached hydrogens (tertiary/aromatic N) is 3. The molecule has 1 amide bonds. The average Bonchev–Trinajstić information content (AvgIpc) is 2.74. The Morgan fingerprint density at radius 2 is 1.82 bits per heavy atom. The number of hydrogen-bond donors (Lipinski definition) is 0. The van der Waals surface area contributed by atoms with Gasteiger partial charge in [-0.2, -0.15) is 0 Å². The van der Waals surface area contributed by atoms with Crippen molar-refractivity contribution in [2.45, 2.75) is 6.92 Å². The van der Waals surface area contributed by atoms with Gasteiger partial charge in [0.2, 0.25) is 0 Å². The van der Waals surface area contributed by atoms with E-state index in [1.807, 2.05) is 43.3 Å². The summed E-state index contributed by atoms with van der Waals surface area (Å²) in [5.41, 5.74) is 2.90. The fraction of sp³-hybridized carbons (Fsp3) is 0.409. The maximum absolute atomic E-state index is 12.8. The number of fused-ring (bicyclic) bond motifs is 1. The first-order valence-corrected chi connectivity index (χ1v) is 9.79. The fourth-order valence-electron chi connectivity index (χ4n) is 3.84. The number of piperazine rings is 1. The van der Waals surface area contributed by atoms with Gasteiger partial charge in [0.15, 0.2) is 6.73 Å². The molecule has 0 spiro atoms. The largest absolute Gasteiger partial charge is 0.495 e. The highest BCUT2D eigenvalue weighted by molar-refractivity contribution is 5.97. The van der Waals surface area contributed by atoms with Crippen molar-refractivity contribution in [2.24, 2.45) is 0 Å². The van der Waals surface area contributed by atoms with Gasteiger partial charge < -0.3 is 19.3 Å². The van der Waals surface area contributed by atoms with Gasteiger partial charge in [-0.05, 0) is 31.2 Å². The van der Waals surface area contributed by atoms with Crippen LogP contribution in [0.1, 0.15) is 15.9 Å². The summed E-state index contributed by atoms with van der Waals surface area (Å²) in [7, 11) is 1.71. The molecule has 0 radical (unpaired) electrons. The number of carbonyl (C=O) groups excluding carboxylic acids is 1. The molecule has 2 aliphatic rings. The van der Waals surface area contributed by atoms with Crippen molar-refractivity contribution in [2.75, 3.05) is 58.0 Å². The molecule has 0 unspecified atom stereocenters. The minimum absolute atomic E-state index is 0.0672. The van der Waals surface area contributed by atoms with E-state index in [4.69, 9.17) is 9.47 Å². The number of rotatable bonds is 5. The van der Waals surface area contributed by atoms with Gasteiger partial charge >= 0.3 is 0 Å². The zero-order chi connectivity index (χ0) is 19.5. The predicted molar refractivity (Wildman–Crippen MR) is 109 cm³/mol. The van der Waals surface area contributed by atoms with Crippen molar-refractivity contribution in [1.29, 1.82) is 0 Å². The van der Waals surface area contributed by atoms with Gasteiger partial charge in [-0.1, -0.05) is 23.8 Å². The lowest BCUT2D eigenvalue weighted by Gasteiger charge is -2.38. The molecule has 0 aromatic heterocycles.